The van der Waals surface area contributed by atoms with Crippen LogP contribution in [0.25, 0.3) is 0 Å². The van der Waals surface area contributed by atoms with E-state index in [0.717, 1.165) is 19.3 Å². The van der Waals surface area contributed by atoms with Gasteiger partial charge in [0.25, 0.3) is 15.9 Å². The number of rotatable bonds is 2. The van der Waals surface area contributed by atoms with Gasteiger partial charge in [-0.3, -0.25) is 4.79 Å². The number of carbonyl (C=O) groups is 1. The summed E-state index contributed by atoms with van der Waals surface area (Å²) in [6.45, 7) is 0.716. The number of amides is 1. The van der Waals surface area contributed by atoms with Gasteiger partial charge < -0.3 is 10.2 Å². The summed E-state index contributed by atoms with van der Waals surface area (Å²) in [5.74, 6) is 0.123. The Bertz CT molecular complexity index is 1080. The minimum absolute atomic E-state index is 0.0509. The number of hydrogen-bond acceptors (Lipinski definition) is 4. The highest BCUT2D eigenvalue weighted by molar-refractivity contribution is 7.90. The van der Waals surface area contributed by atoms with Crippen molar-refractivity contribution >= 4 is 56.3 Å². The Kier molecular flexibility index (Phi) is 5.07. The first-order chi connectivity index (χ1) is 13.3. The zero-order valence-electron chi connectivity index (χ0n) is 14.8. The SMILES string of the molecule is O=C(Nc1cc(Cl)cc(Cl)c1)c1ccc2c(c1)S(=O)(=O)N=C1CCCCCN12. The van der Waals surface area contributed by atoms with Crippen LogP contribution in [-0.4, -0.2) is 26.7 Å². The molecule has 4 rings (SSSR count). The van der Waals surface area contributed by atoms with Crippen LogP contribution in [-0.2, 0) is 10.0 Å². The summed E-state index contributed by atoms with van der Waals surface area (Å²) in [6, 6.07) is 9.34. The summed E-state index contributed by atoms with van der Waals surface area (Å²) in [4.78, 5) is 14.6. The third kappa shape index (κ3) is 3.74. The lowest BCUT2D eigenvalue weighted by Gasteiger charge is -2.29. The standard InChI is InChI=1S/C19H17Cl2N3O3S/c20-13-9-14(21)11-15(10-13)22-19(25)12-5-6-16-17(8-12)28(26,27)23-18-4-2-1-3-7-24(16)18/h5-6,8-11H,1-4,7H2,(H,22,25). The van der Waals surface area contributed by atoms with Crippen LogP contribution in [0.5, 0.6) is 0 Å². The Balaban J connectivity index is 1.68. The average molecular weight is 438 g/mol. The van der Waals surface area contributed by atoms with Crippen LogP contribution in [0.2, 0.25) is 10.0 Å². The molecule has 0 bridgehead atoms. The Labute approximate surface area is 173 Å². The second kappa shape index (κ2) is 7.39. The number of fused-ring (bicyclic) bond motifs is 3. The normalized spacial score (nSPS) is 17.8. The molecule has 0 spiro atoms. The minimum Gasteiger partial charge on any atom is -0.328 e. The van der Waals surface area contributed by atoms with E-state index >= 15 is 0 Å². The number of nitrogens with zero attached hydrogens (tertiary/aromatic N) is 2. The van der Waals surface area contributed by atoms with Gasteiger partial charge in [0.05, 0.1) is 5.69 Å². The van der Waals surface area contributed by atoms with Crippen molar-refractivity contribution in [2.45, 2.75) is 30.6 Å². The minimum atomic E-state index is -3.85. The van der Waals surface area contributed by atoms with E-state index in [-0.39, 0.29) is 10.5 Å². The molecule has 0 unspecified atom stereocenters. The van der Waals surface area contributed by atoms with Crippen molar-refractivity contribution in [1.29, 1.82) is 0 Å². The molecule has 0 atom stereocenters. The number of hydrogen-bond donors (Lipinski definition) is 1. The molecule has 6 nitrogen and oxygen atoms in total. The van der Waals surface area contributed by atoms with E-state index in [2.05, 4.69) is 9.71 Å². The fourth-order valence-electron chi connectivity index (χ4n) is 3.45. The van der Waals surface area contributed by atoms with Gasteiger partial charge in [-0.2, -0.15) is 8.42 Å². The predicted molar refractivity (Wildman–Crippen MR) is 111 cm³/mol. The van der Waals surface area contributed by atoms with Gasteiger partial charge in [-0.1, -0.05) is 29.6 Å². The van der Waals surface area contributed by atoms with Crippen LogP contribution in [0.4, 0.5) is 11.4 Å². The number of amidine groups is 1. The maximum absolute atomic E-state index is 12.7. The third-order valence-electron chi connectivity index (χ3n) is 4.73. The fourth-order valence-corrected chi connectivity index (χ4v) is 5.26. The van der Waals surface area contributed by atoms with Gasteiger partial charge in [-0.15, -0.1) is 4.40 Å². The lowest BCUT2D eigenvalue weighted by Crippen LogP contribution is -2.35. The average Bonchev–Trinajstić information content (AvgIpc) is 2.85. The monoisotopic (exact) mass is 437 g/mol. The predicted octanol–water partition coefficient (Wildman–Crippen LogP) is 4.73. The molecule has 1 N–H and O–H groups in total. The highest BCUT2D eigenvalue weighted by atomic mass is 35.5. The molecule has 2 heterocycles. The molecule has 1 amide bonds. The second-order valence-corrected chi connectivity index (χ2v) is 9.19. The molecule has 2 aromatic carbocycles. The molecule has 0 radical (unpaired) electrons. The topological polar surface area (TPSA) is 78.8 Å². The first kappa shape index (κ1) is 19.2. The van der Waals surface area contributed by atoms with Crippen LogP contribution in [0.3, 0.4) is 0 Å². The summed E-state index contributed by atoms with van der Waals surface area (Å²) < 4.78 is 29.4. The number of anilines is 2. The molecule has 28 heavy (non-hydrogen) atoms. The summed E-state index contributed by atoms with van der Waals surface area (Å²) >= 11 is 11.9. The highest BCUT2D eigenvalue weighted by Crippen LogP contribution is 2.35. The fraction of sp³-hybridized carbons (Fsp3) is 0.263. The van der Waals surface area contributed by atoms with Gasteiger partial charge in [0.1, 0.15) is 10.7 Å². The summed E-state index contributed by atoms with van der Waals surface area (Å²) in [6.07, 6.45) is 3.56. The molecule has 9 heteroatoms. The Morgan fingerprint density at radius 3 is 2.54 bits per heavy atom. The summed E-state index contributed by atoms with van der Waals surface area (Å²) in [5, 5.41) is 3.46. The molecular formula is C19H17Cl2N3O3S. The van der Waals surface area contributed by atoms with Gasteiger partial charge in [-0.05, 0) is 49.2 Å². The van der Waals surface area contributed by atoms with Crippen molar-refractivity contribution in [3.63, 3.8) is 0 Å². The second-order valence-electron chi connectivity index (χ2n) is 6.74. The van der Waals surface area contributed by atoms with E-state index in [4.69, 9.17) is 23.2 Å². The van der Waals surface area contributed by atoms with E-state index in [1.807, 2.05) is 4.90 Å². The van der Waals surface area contributed by atoms with Crippen molar-refractivity contribution in [2.75, 3.05) is 16.8 Å². The largest absolute Gasteiger partial charge is 0.328 e. The maximum Gasteiger partial charge on any atom is 0.286 e. The highest BCUT2D eigenvalue weighted by Gasteiger charge is 2.32. The molecule has 1 fully saturated rings. The Morgan fingerprint density at radius 2 is 1.79 bits per heavy atom. The Hall–Kier alpha value is -2.09. The van der Waals surface area contributed by atoms with Gasteiger partial charge in [0.15, 0.2) is 0 Å². The molecule has 146 valence electrons. The van der Waals surface area contributed by atoms with Crippen molar-refractivity contribution in [2.24, 2.45) is 4.40 Å². The van der Waals surface area contributed by atoms with Crippen molar-refractivity contribution in [3.05, 3.63) is 52.0 Å². The van der Waals surface area contributed by atoms with Crippen molar-refractivity contribution in [1.82, 2.24) is 0 Å². The van der Waals surface area contributed by atoms with Gasteiger partial charge in [0, 0.05) is 34.3 Å². The zero-order valence-corrected chi connectivity index (χ0v) is 17.1. The molecule has 1 saturated heterocycles. The number of benzene rings is 2. The van der Waals surface area contributed by atoms with Crippen LogP contribution in [0.15, 0.2) is 45.7 Å². The molecule has 0 saturated carbocycles. The van der Waals surface area contributed by atoms with Crippen LogP contribution in [0, 0.1) is 0 Å². The van der Waals surface area contributed by atoms with Crippen LogP contribution >= 0.6 is 23.2 Å². The quantitative estimate of drug-likeness (QED) is 0.736. The number of halogens is 2. The molecule has 0 aliphatic carbocycles. The molecule has 2 aliphatic rings. The number of carbonyl (C=O) groups excluding carboxylic acids is 1. The summed E-state index contributed by atoms with van der Waals surface area (Å²) in [7, 11) is -3.85. The number of nitrogens with one attached hydrogen (secondary N) is 1. The van der Waals surface area contributed by atoms with Crippen molar-refractivity contribution in [3.8, 4) is 0 Å². The molecule has 2 aliphatic heterocycles. The summed E-state index contributed by atoms with van der Waals surface area (Å²) in [5.41, 5.74) is 1.22. The van der Waals surface area contributed by atoms with Gasteiger partial charge in [0.2, 0.25) is 0 Å². The first-order valence-corrected chi connectivity index (χ1v) is 11.1. The van der Waals surface area contributed by atoms with E-state index in [9.17, 15) is 13.2 Å². The van der Waals surface area contributed by atoms with Crippen LogP contribution < -0.4 is 10.2 Å². The molecular weight excluding hydrogens is 421 g/mol. The lowest BCUT2D eigenvalue weighted by atomic mass is 10.1. The van der Waals surface area contributed by atoms with E-state index in [1.54, 1.807) is 30.3 Å². The first-order valence-electron chi connectivity index (χ1n) is 8.86. The van der Waals surface area contributed by atoms with Crippen molar-refractivity contribution < 1.29 is 13.2 Å². The third-order valence-corrected chi connectivity index (χ3v) is 6.50. The van der Waals surface area contributed by atoms with E-state index in [0.29, 0.717) is 40.2 Å². The number of sulfonamides is 1. The van der Waals surface area contributed by atoms with E-state index < -0.39 is 15.9 Å². The lowest BCUT2D eigenvalue weighted by molar-refractivity contribution is 0.102. The molecule has 2 aromatic rings. The maximum atomic E-state index is 12.7. The Morgan fingerprint density at radius 1 is 1.04 bits per heavy atom. The zero-order chi connectivity index (χ0) is 19.9. The van der Waals surface area contributed by atoms with E-state index in [1.165, 1.54) is 6.07 Å². The molecule has 0 aromatic heterocycles. The van der Waals surface area contributed by atoms with Gasteiger partial charge >= 0.3 is 0 Å². The smallest absolute Gasteiger partial charge is 0.286 e. The van der Waals surface area contributed by atoms with Gasteiger partial charge in [-0.25, -0.2) is 0 Å². The van der Waals surface area contributed by atoms with Crippen LogP contribution in [0.1, 0.15) is 36.0 Å².